The molecule has 0 heterocycles. The molecule has 0 aromatic heterocycles. The molecule has 2 atom stereocenters. The first-order valence-electron chi connectivity index (χ1n) is 5.59. The molecule has 1 N–H and O–H groups in total. The molecule has 2 unspecified atom stereocenters. The summed E-state index contributed by atoms with van der Waals surface area (Å²) in [5, 5.41) is 10.4. The Hall–Kier alpha value is -0.270. The molecule has 0 saturated heterocycles. The molecule has 0 aromatic carbocycles. The minimum atomic E-state index is -0.444. The zero-order valence-corrected chi connectivity index (χ0v) is 10.8. The molecule has 1 rings (SSSR count). The summed E-state index contributed by atoms with van der Waals surface area (Å²) in [6, 6.07) is 0. The van der Waals surface area contributed by atoms with Crippen LogP contribution in [0.15, 0.2) is 23.8 Å². The number of hydrogen-bond acceptors (Lipinski definition) is 1. The zero-order chi connectivity index (χ0) is 11.6. The SMILES string of the molecule is CC(C)C1=CC=CC(CCl)(C(C)C)C1O. The van der Waals surface area contributed by atoms with Crippen molar-refractivity contribution in [2.24, 2.45) is 17.3 Å². The van der Waals surface area contributed by atoms with Gasteiger partial charge in [-0.3, -0.25) is 0 Å². The summed E-state index contributed by atoms with van der Waals surface area (Å²) < 4.78 is 0. The van der Waals surface area contributed by atoms with Crippen LogP contribution in [-0.2, 0) is 0 Å². The summed E-state index contributed by atoms with van der Waals surface area (Å²) >= 11 is 6.06. The maximum absolute atomic E-state index is 10.4. The van der Waals surface area contributed by atoms with Gasteiger partial charge in [-0.2, -0.15) is 0 Å². The molecule has 0 bridgehead atoms. The van der Waals surface area contributed by atoms with E-state index in [4.69, 9.17) is 11.6 Å². The molecule has 0 aliphatic heterocycles. The van der Waals surface area contributed by atoms with E-state index < -0.39 is 6.10 Å². The maximum Gasteiger partial charge on any atom is 0.0860 e. The van der Waals surface area contributed by atoms with Gasteiger partial charge in [-0.05, 0) is 17.4 Å². The van der Waals surface area contributed by atoms with Crippen molar-refractivity contribution in [3.05, 3.63) is 23.8 Å². The normalized spacial score (nSPS) is 31.2. The molecular weight excluding hydrogens is 208 g/mol. The molecule has 86 valence electrons. The van der Waals surface area contributed by atoms with Crippen LogP contribution in [0.5, 0.6) is 0 Å². The molecular formula is C13H21ClO. The average molecular weight is 229 g/mol. The lowest BCUT2D eigenvalue weighted by Gasteiger charge is -2.41. The van der Waals surface area contributed by atoms with Crippen molar-refractivity contribution in [2.75, 3.05) is 5.88 Å². The molecule has 15 heavy (non-hydrogen) atoms. The molecule has 0 saturated carbocycles. The van der Waals surface area contributed by atoms with Gasteiger partial charge in [0.25, 0.3) is 0 Å². The summed E-state index contributed by atoms with van der Waals surface area (Å²) in [6.07, 6.45) is 5.66. The highest BCUT2D eigenvalue weighted by Crippen LogP contribution is 2.41. The molecule has 0 radical (unpaired) electrons. The van der Waals surface area contributed by atoms with Crippen molar-refractivity contribution < 1.29 is 5.11 Å². The fourth-order valence-corrected chi connectivity index (χ4v) is 2.66. The third kappa shape index (κ3) is 2.14. The van der Waals surface area contributed by atoms with E-state index in [1.165, 1.54) is 0 Å². The number of alkyl halides is 1. The largest absolute Gasteiger partial charge is 0.388 e. The number of aliphatic hydroxyl groups excluding tert-OH is 1. The molecule has 1 aliphatic rings. The van der Waals surface area contributed by atoms with Crippen LogP contribution in [0.4, 0.5) is 0 Å². The molecule has 0 aromatic rings. The number of hydrogen-bond donors (Lipinski definition) is 1. The van der Waals surface area contributed by atoms with E-state index in [1.54, 1.807) is 0 Å². The monoisotopic (exact) mass is 228 g/mol. The molecule has 1 aliphatic carbocycles. The van der Waals surface area contributed by atoms with Crippen molar-refractivity contribution in [3.8, 4) is 0 Å². The third-order valence-electron chi connectivity index (χ3n) is 3.49. The van der Waals surface area contributed by atoms with Crippen LogP contribution >= 0.6 is 11.6 Å². The molecule has 0 fully saturated rings. The van der Waals surface area contributed by atoms with Crippen LogP contribution in [0.2, 0.25) is 0 Å². The van der Waals surface area contributed by atoms with E-state index in [0.29, 0.717) is 17.7 Å². The molecule has 1 nitrogen and oxygen atoms in total. The molecule has 0 amide bonds. The first-order valence-corrected chi connectivity index (χ1v) is 6.12. The summed E-state index contributed by atoms with van der Waals surface area (Å²) in [4.78, 5) is 0. The van der Waals surface area contributed by atoms with Gasteiger partial charge in [0.2, 0.25) is 0 Å². The van der Waals surface area contributed by atoms with Gasteiger partial charge >= 0.3 is 0 Å². The van der Waals surface area contributed by atoms with E-state index in [1.807, 2.05) is 12.2 Å². The summed E-state index contributed by atoms with van der Waals surface area (Å²) in [5.74, 6) is 1.17. The van der Waals surface area contributed by atoms with E-state index in [0.717, 1.165) is 5.57 Å². The summed E-state index contributed by atoms with van der Waals surface area (Å²) in [5.41, 5.74) is 0.794. The lowest BCUT2D eigenvalue weighted by atomic mass is 9.68. The van der Waals surface area contributed by atoms with Crippen molar-refractivity contribution in [1.29, 1.82) is 0 Å². The van der Waals surface area contributed by atoms with Gasteiger partial charge in [0.1, 0.15) is 0 Å². The Labute approximate surface area is 97.8 Å². The van der Waals surface area contributed by atoms with Crippen LogP contribution in [0, 0.1) is 17.3 Å². The number of halogens is 1. The Morgan fingerprint density at radius 2 is 2.00 bits per heavy atom. The predicted octanol–water partition coefficient (Wildman–Crippen LogP) is 3.38. The van der Waals surface area contributed by atoms with E-state index in [9.17, 15) is 5.11 Å². The van der Waals surface area contributed by atoms with E-state index >= 15 is 0 Å². The topological polar surface area (TPSA) is 20.2 Å². The Morgan fingerprint density at radius 3 is 2.40 bits per heavy atom. The second-order valence-corrected chi connectivity index (χ2v) is 5.25. The highest BCUT2D eigenvalue weighted by molar-refractivity contribution is 6.18. The Morgan fingerprint density at radius 1 is 1.40 bits per heavy atom. The van der Waals surface area contributed by atoms with Crippen LogP contribution < -0.4 is 0 Å². The minimum Gasteiger partial charge on any atom is -0.388 e. The first-order chi connectivity index (χ1) is 6.95. The summed E-state index contributed by atoms with van der Waals surface area (Å²) in [6.45, 7) is 8.43. The Balaban J connectivity index is 3.06. The van der Waals surface area contributed by atoms with E-state index in [-0.39, 0.29) is 5.41 Å². The van der Waals surface area contributed by atoms with Gasteiger partial charge < -0.3 is 5.11 Å². The molecule has 2 heteroatoms. The first kappa shape index (κ1) is 12.8. The second kappa shape index (κ2) is 4.71. The Kier molecular flexibility index (Phi) is 4.02. The van der Waals surface area contributed by atoms with Gasteiger partial charge in [0.15, 0.2) is 0 Å². The van der Waals surface area contributed by atoms with Crippen molar-refractivity contribution in [2.45, 2.75) is 33.8 Å². The fourth-order valence-electron chi connectivity index (χ4n) is 2.12. The van der Waals surface area contributed by atoms with Gasteiger partial charge in [0, 0.05) is 11.3 Å². The summed E-state index contributed by atoms with van der Waals surface area (Å²) in [7, 11) is 0. The highest BCUT2D eigenvalue weighted by atomic mass is 35.5. The Bertz CT molecular complexity index is 278. The lowest BCUT2D eigenvalue weighted by molar-refractivity contribution is 0.0617. The van der Waals surface area contributed by atoms with Crippen LogP contribution in [-0.4, -0.2) is 17.1 Å². The number of rotatable bonds is 3. The van der Waals surface area contributed by atoms with Gasteiger partial charge in [-0.1, -0.05) is 45.9 Å². The zero-order valence-electron chi connectivity index (χ0n) is 10.00. The van der Waals surface area contributed by atoms with Crippen LogP contribution in [0.25, 0.3) is 0 Å². The quantitative estimate of drug-likeness (QED) is 0.735. The number of allylic oxidation sites excluding steroid dienone is 2. The standard InChI is InChI=1S/C13H21ClO/c1-9(2)11-6-5-7-13(8-14,10(3)4)12(11)15/h5-7,9-10,12,15H,8H2,1-4H3. The minimum absolute atomic E-state index is 0.296. The molecule has 0 spiro atoms. The van der Waals surface area contributed by atoms with Crippen molar-refractivity contribution in [1.82, 2.24) is 0 Å². The van der Waals surface area contributed by atoms with Crippen LogP contribution in [0.1, 0.15) is 27.7 Å². The van der Waals surface area contributed by atoms with Gasteiger partial charge in [-0.25, -0.2) is 0 Å². The van der Waals surface area contributed by atoms with Gasteiger partial charge in [0.05, 0.1) is 6.10 Å². The second-order valence-electron chi connectivity index (χ2n) is 4.98. The predicted molar refractivity (Wildman–Crippen MR) is 66.1 cm³/mol. The van der Waals surface area contributed by atoms with Gasteiger partial charge in [-0.15, -0.1) is 11.6 Å². The van der Waals surface area contributed by atoms with Crippen molar-refractivity contribution in [3.63, 3.8) is 0 Å². The van der Waals surface area contributed by atoms with E-state index in [2.05, 4.69) is 33.8 Å². The van der Waals surface area contributed by atoms with Crippen LogP contribution in [0.3, 0.4) is 0 Å². The fraction of sp³-hybridized carbons (Fsp3) is 0.692. The third-order valence-corrected chi connectivity index (χ3v) is 3.96. The number of aliphatic hydroxyl groups is 1. The maximum atomic E-state index is 10.4. The lowest BCUT2D eigenvalue weighted by Crippen LogP contribution is -2.43. The smallest absolute Gasteiger partial charge is 0.0860 e. The van der Waals surface area contributed by atoms with Crippen molar-refractivity contribution >= 4 is 11.6 Å². The highest BCUT2D eigenvalue weighted by Gasteiger charge is 2.41. The average Bonchev–Trinajstić information content (AvgIpc) is 2.17.